The van der Waals surface area contributed by atoms with Crippen LogP contribution >= 0.6 is 11.6 Å². The second-order valence-corrected chi connectivity index (χ2v) is 6.31. The summed E-state index contributed by atoms with van der Waals surface area (Å²) in [6.45, 7) is 6.07. The van der Waals surface area contributed by atoms with E-state index in [-0.39, 0.29) is 18.7 Å². The van der Waals surface area contributed by atoms with Crippen LogP contribution in [0.3, 0.4) is 0 Å². The van der Waals surface area contributed by atoms with Crippen LogP contribution in [0.2, 0.25) is 5.02 Å². The summed E-state index contributed by atoms with van der Waals surface area (Å²) < 4.78 is 25.5. The normalized spacial score (nSPS) is 12.0. The molecule has 0 unspecified atom stereocenters. The Morgan fingerprint density at radius 2 is 2.00 bits per heavy atom. The van der Waals surface area contributed by atoms with Crippen molar-refractivity contribution in [1.29, 1.82) is 0 Å². The zero-order valence-corrected chi connectivity index (χ0v) is 13.4. The van der Waals surface area contributed by atoms with Crippen molar-refractivity contribution in [1.82, 2.24) is 5.32 Å². The van der Waals surface area contributed by atoms with Crippen LogP contribution in [-0.2, 0) is 6.54 Å². The van der Waals surface area contributed by atoms with Crippen LogP contribution in [0.5, 0.6) is 0 Å². The van der Waals surface area contributed by atoms with Gasteiger partial charge in [-0.05, 0) is 32.9 Å². The van der Waals surface area contributed by atoms with Gasteiger partial charge in [-0.3, -0.25) is 0 Å². The van der Waals surface area contributed by atoms with E-state index >= 15 is 0 Å². The molecule has 21 heavy (non-hydrogen) atoms. The molecule has 0 saturated carbocycles. The van der Waals surface area contributed by atoms with E-state index in [1.807, 2.05) is 20.8 Å². The summed E-state index contributed by atoms with van der Waals surface area (Å²) in [6.07, 6.45) is -2.47. The van der Waals surface area contributed by atoms with Crippen molar-refractivity contribution in [3.05, 3.63) is 28.8 Å². The van der Waals surface area contributed by atoms with E-state index in [1.165, 1.54) is 4.90 Å². The van der Waals surface area contributed by atoms with Gasteiger partial charge >= 0.3 is 0 Å². The van der Waals surface area contributed by atoms with Gasteiger partial charge in [0.1, 0.15) is 0 Å². The Morgan fingerprint density at radius 1 is 1.33 bits per heavy atom. The Kier molecular flexibility index (Phi) is 6.84. The van der Waals surface area contributed by atoms with Crippen LogP contribution in [0.25, 0.3) is 0 Å². The molecule has 3 nitrogen and oxygen atoms in total. The number of alkyl halides is 2. The van der Waals surface area contributed by atoms with E-state index < -0.39 is 13.0 Å². The first kappa shape index (κ1) is 18.1. The van der Waals surface area contributed by atoms with Gasteiger partial charge in [-0.1, -0.05) is 17.7 Å². The zero-order chi connectivity index (χ0) is 16.0. The fraction of sp³-hybridized carbons (Fsp3) is 0.600. The molecule has 2 N–H and O–H groups in total. The number of rotatable bonds is 7. The summed E-state index contributed by atoms with van der Waals surface area (Å²) in [5.41, 5.74) is 1.29. The first-order chi connectivity index (χ1) is 9.74. The summed E-state index contributed by atoms with van der Waals surface area (Å²) in [6, 6.07) is 5.22. The average molecular weight is 321 g/mol. The summed E-state index contributed by atoms with van der Waals surface area (Å²) in [7, 11) is 0. The zero-order valence-electron chi connectivity index (χ0n) is 12.7. The van der Waals surface area contributed by atoms with Crippen molar-refractivity contribution in [2.75, 3.05) is 24.6 Å². The second kappa shape index (κ2) is 7.92. The van der Waals surface area contributed by atoms with E-state index in [0.717, 1.165) is 5.56 Å². The third-order valence-corrected chi connectivity index (χ3v) is 3.31. The first-order valence-electron chi connectivity index (χ1n) is 6.91. The Balaban J connectivity index is 3.05. The molecule has 0 spiro atoms. The van der Waals surface area contributed by atoms with Gasteiger partial charge in [-0.2, -0.15) is 0 Å². The van der Waals surface area contributed by atoms with E-state index in [4.69, 9.17) is 16.7 Å². The van der Waals surface area contributed by atoms with Crippen molar-refractivity contribution in [3.8, 4) is 0 Å². The maximum atomic E-state index is 12.7. The molecular weight excluding hydrogens is 298 g/mol. The smallest absolute Gasteiger partial charge is 0.255 e. The molecule has 0 aliphatic heterocycles. The molecule has 0 bridgehead atoms. The Morgan fingerprint density at radius 3 is 2.52 bits per heavy atom. The highest BCUT2D eigenvalue weighted by Gasteiger charge is 2.18. The maximum absolute atomic E-state index is 12.7. The third kappa shape index (κ3) is 6.16. The number of halogens is 3. The van der Waals surface area contributed by atoms with Crippen molar-refractivity contribution >= 4 is 17.3 Å². The van der Waals surface area contributed by atoms with Gasteiger partial charge in [-0.15, -0.1) is 0 Å². The van der Waals surface area contributed by atoms with E-state index in [2.05, 4.69) is 5.32 Å². The Labute approximate surface area is 129 Å². The number of nitrogens with one attached hydrogen (secondary N) is 1. The van der Waals surface area contributed by atoms with Crippen molar-refractivity contribution < 1.29 is 13.9 Å². The van der Waals surface area contributed by atoms with Crippen LogP contribution in [0.15, 0.2) is 18.2 Å². The highest BCUT2D eigenvalue weighted by Crippen LogP contribution is 2.28. The number of aliphatic hydroxyl groups is 1. The van der Waals surface area contributed by atoms with Gasteiger partial charge in [0.15, 0.2) is 0 Å². The van der Waals surface area contributed by atoms with Crippen molar-refractivity contribution in [3.63, 3.8) is 0 Å². The molecule has 6 heteroatoms. The lowest BCUT2D eigenvalue weighted by molar-refractivity contribution is 0.152. The lowest BCUT2D eigenvalue weighted by Crippen LogP contribution is -2.37. The van der Waals surface area contributed by atoms with E-state index in [9.17, 15) is 8.78 Å². The monoisotopic (exact) mass is 320 g/mol. The second-order valence-electron chi connectivity index (χ2n) is 5.90. The van der Waals surface area contributed by atoms with Crippen LogP contribution in [-0.4, -0.2) is 36.8 Å². The summed E-state index contributed by atoms with van der Waals surface area (Å²) >= 11 is 6.22. The maximum Gasteiger partial charge on any atom is 0.255 e. The number of hydrogen-bond acceptors (Lipinski definition) is 3. The topological polar surface area (TPSA) is 35.5 Å². The number of nitrogens with zero attached hydrogens (tertiary/aromatic N) is 1. The molecule has 0 fully saturated rings. The molecule has 1 aromatic rings. The standard InChI is InChI=1S/C15H23ClF2N2O/c1-15(2,3)19-9-11-12(16)5-4-6-13(11)20(7-8-21)10-14(17)18/h4-6,14,19,21H,7-10H2,1-3H3. The fourth-order valence-corrected chi connectivity index (χ4v) is 2.21. The fourth-order valence-electron chi connectivity index (χ4n) is 1.97. The van der Waals surface area contributed by atoms with Crippen LogP contribution in [0, 0.1) is 0 Å². The third-order valence-electron chi connectivity index (χ3n) is 2.96. The molecule has 0 aromatic heterocycles. The molecule has 0 heterocycles. The quantitative estimate of drug-likeness (QED) is 0.809. The number of benzene rings is 1. The van der Waals surface area contributed by atoms with Crippen molar-refractivity contribution in [2.45, 2.75) is 39.3 Å². The van der Waals surface area contributed by atoms with Gasteiger partial charge in [-0.25, -0.2) is 8.78 Å². The molecule has 0 radical (unpaired) electrons. The minimum atomic E-state index is -2.47. The number of hydrogen-bond donors (Lipinski definition) is 2. The summed E-state index contributed by atoms with van der Waals surface area (Å²) in [5, 5.41) is 12.9. The minimum Gasteiger partial charge on any atom is -0.395 e. The molecule has 0 aliphatic carbocycles. The Hall–Kier alpha value is -0.910. The van der Waals surface area contributed by atoms with E-state index in [1.54, 1.807) is 18.2 Å². The lowest BCUT2D eigenvalue weighted by atomic mass is 10.1. The molecule has 120 valence electrons. The summed E-state index contributed by atoms with van der Waals surface area (Å²) in [5.74, 6) is 0. The molecular formula is C15H23ClF2N2O. The molecule has 0 atom stereocenters. The largest absolute Gasteiger partial charge is 0.395 e. The van der Waals surface area contributed by atoms with Gasteiger partial charge in [0.2, 0.25) is 0 Å². The van der Waals surface area contributed by atoms with Crippen molar-refractivity contribution in [2.24, 2.45) is 0 Å². The van der Waals surface area contributed by atoms with Crippen LogP contribution in [0.1, 0.15) is 26.3 Å². The number of anilines is 1. The molecule has 1 aromatic carbocycles. The SMILES string of the molecule is CC(C)(C)NCc1c(Cl)cccc1N(CCO)CC(F)F. The first-order valence-corrected chi connectivity index (χ1v) is 7.29. The summed E-state index contributed by atoms with van der Waals surface area (Å²) in [4.78, 5) is 1.47. The minimum absolute atomic E-state index is 0.110. The Bertz CT molecular complexity index is 450. The number of aliphatic hydroxyl groups excluding tert-OH is 1. The highest BCUT2D eigenvalue weighted by molar-refractivity contribution is 6.31. The molecule has 0 saturated heterocycles. The average Bonchev–Trinajstić information content (AvgIpc) is 2.35. The molecule has 0 aliphatic rings. The molecule has 0 amide bonds. The van der Waals surface area contributed by atoms with Gasteiger partial charge < -0.3 is 15.3 Å². The lowest BCUT2D eigenvalue weighted by Gasteiger charge is -2.28. The van der Waals surface area contributed by atoms with Gasteiger partial charge in [0.25, 0.3) is 6.43 Å². The predicted octanol–water partition coefficient (Wildman–Crippen LogP) is 3.29. The van der Waals surface area contributed by atoms with Gasteiger partial charge in [0.05, 0.1) is 13.2 Å². The van der Waals surface area contributed by atoms with Crippen LogP contribution in [0.4, 0.5) is 14.5 Å². The van der Waals surface area contributed by atoms with Crippen LogP contribution < -0.4 is 10.2 Å². The highest BCUT2D eigenvalue weighted by atomic mass is 35.5. The molecule has 1 rings (SSSR count). The predicted molar refractivity (Wildman–Crippen MR) is 83.3 cm³/mol. The van der Waals surface area contributed by atoms with E-state index in [0.29, 0.717) is 17.3 Å². The van der Waals surface area contributed by atoms with Gasteiger partial charge in [0, 0.05) is 34.9 Å².